The van der Waals surface area contributed by atoms with Crippen LogP contribution in [0.1, 0.15) is 10.4 Å². The Hall–Kier alpha value is -2.22. The number of halogens is 3. The van der Waals surface area contributed by atoms with Crippen molar-refractivity contribution in [3.05, 3.63) is 35.9 Å². The molecular formula is C16H15F3N2O3. The maximum atomic E-state index is 13.5. The van der Waals surface area contributed by atoms with Crippen molar-refractivity contribution in [1.29, 1.82) is 0 Å². The van der Waals surface area contributed by atoms with Crippen LogP contribution in [0.4, 0.5) is 13.2 Å². The minimum absolute atomic E-state index is 0.214. The summed E-state index contributed by atoms with van der Waals surface area (Å²) in [5.74, 6) is -5.10. The smallest absolute Gasteiger partial charge is 0.292 e. The molecule has 24 heavy (non-hydrogen) atoms. The van der Waals surface area contributed by atoms with Crippen LogP contribution in [0.2, 0.25) is 0 Å². The lowest BCUT2D eigenvalue weighted by Gasteiger charge is -2.29. The third-order valence-electron chi connectivity index (χ3n) is 4.84. The highest BCUT2D eigenvalue weighted by Gasteiger charge is 2.68. The van der Waals surface area contributed by atoms with Crippen LogP contribution in [0.5, 0.6) is 0 Å². The van der Waals surface area contributed by atoms with Crippen molar-refractivity contribution >= 4 is 17.6 Å². The topological polar surface area (TPSA) is 57.7 Å². The number of rotatable bonds is 2. The first-order valence-corrected chi connectivity index (χ1v) is 7.35. The number of hydrogen-bond acceptors (Lipinski definition) is 4. The molecule has 0 spiro atoms. The normalized spacial score (nSPS) is 30.8. The number of benzene rings is 1. The molecule has 0 aliphatic carbocycles. The number of imide groups is 1. The average Bonchev–Trinajstić information content (AvgIpc) is 2.95. The monoisotopic (exact) mass is 340 g/mol. The van der Waals surface area contributed by atoms with Crippen LogP contribution in [0.25, 0.3) is 0 Å². The van der Waals surface area contributed by atoms with Gasteiger partial charge in [0.25, 0.3) is 0 Å². The van der Waals surface area contributed by atoms with Gasteiger partial charge in [0.1, 0.15) is 6.04 Å². The molecule has 2 fully saturated rings. The molecule has 4 atom stereocenters. The molecule has 0 N–H and O–H groups in total. The van der Waals surface area contributed by atoms with Gasteiger partial charge in [-0.25, -0.2) is 0 Å². The Balaban J connectivity index is 2.08. The van der Waals surface area contributed by atoms with E-state index in [4.69, 9.17) is 0 Å². The molecule has 2 heterocycles. The van der Waals surface area contributed by atoms with Crippen LogP contribution < -0.4 is 0 Å². The SMILES string of the molecule is CN1C(=O)[C@@H]2[C@H](C1=O)[C@H](C(F)(F)F)N(C)[C@H]2C(=O)c1ccccc1. The molecule has 3 rings (SSSR count). The Bertz CT molecular complexity index is 704. The van der Waals surface area contributed by atoms with E-state index in [2.05, 4.69) is 0 Å². The first-order valence-electron chi connectivity index (χ1n) is 7.35. The summed E-state index contributed by atoms with van der Waals surface area (Å²) in [4.78, 5) is 38.8. The standard InChI is InChI=1S/C16H15F3N2O3/c1-20-11(12(22)8-6-4-3-5-7-8)9-10(13(20)16(17,18)19)15(24)21(2)14(9)23/h3-7,9-11,13H,1-2H3/t9-,10+,11-,13-/m1/s1. The van der Waals surface area contributed by atoms with Crippen LogP contribution in [-0.2, 0) is 9.59 Å². The number of ketones is 1. The fourth-order valence-electron chi connectivity index (χ4n) is 3.76. The summed E-state index contributed by atoms with van der Waals surface area (Å²) in [5, 5.41) is 0. The van der Waals surface area contributed by atoms with E-state index in [1.165, 1.54) is 12.1 Å². The van der Waals surface area contributed by atoms with Gasteiger partial charge in [-0.3, -0.25) is 24.2 Å². The zero-order valence-electron chi connectivity index (χ0n) is 12.9. The Morgan fingerprint density at radius 1 is 1.00 bits per heavy atom. The molecule has 1 aromatic carbocycles. The minimum Gasteiger partial charge on any atom is -0.292 e. The van der Waals surface area contributed by atoms with Crippen LogP contribution in [0, 0.1) is 11.8 Å². The summed E-state index contributed by atoms with van der Waals surface area (Å²) in [6.45, 7) is 0. The van der Waals surface area contributed by atoms with Gasteiger partial charge >= 0.3 is 6.18 Å². The van der Waals surface area contributed by atoms with Gasteiger partial charge in [0, 0.05) is 12.6 Å². The molecule has 2 amide bonds. The lowest BCUT2D eigenvalue weighted by Crippen LogP contribution is -2.50. The van der Waals surface area contributed by atoms with E-state index in [0.29, 0.717) is 4.90 Å². The predicted molar refractivity (Wildman–Crippen MR) is 76.9 cm³/mol. The number of fused-ring (bicyclic) bond motifs is 1. The summed E-state index contributed by atoms with van der Waals surface area (Å²) in [5.41, 5.74) is 0.214. The van der Waals surface area contributed by atoms with Gasteiger partial charge in [-0.15, -0.1) is 0 Å². The molecule has 2 aliphatic rings. The van der Waals surface area contributed by atoms with Crippen molar-refractivity contribution in [1.82, 2.24) is 9.80 Å². The molecule has 2 aliphatic heterocycles. The third-order valence-corrected chi connectivity index (χ3v) is 4.84. The maximum absolute atomic E-state index is 13.5. The van der Waals surface area contributed by atoms with Gasteiger partial charge in [0.15, 0.2) is 5.78 Å². The zero-order valence-corrected chi connectivity index (χ0v) is 12.9. The number of alkyl halides is 3. The van der Waals surface area contributed by atoms with E-state index < -0.39 is 47.7 Å². The van der Waals surface area contributed by atoms with Gasteiger partial charge in [0.05, 0.1) is 17.9 Å². The number of Topliss-reactive ketones (excluding diaryl/α,β-unsaturated/α-hetero) is 1. The highest BCUT2D eigenvalue weighted by molar-refractivity contribution is 6.11. The van der Waals surface area contributed by atoms with Crippen molar-refractivity contribution in [3.8, 4) is 0 Å². The van der Waals surface area contributed by atoms with Gasteiger partial charge in [-0.05, 0) is 7.05 Å². The first-order chi connectivity index (χ1) is 11.2. The fourth-order valence-corrected chi connectivity index (χ4v) is 3.76. The van der Waals surface area contributed by atoms with Gasteiger partial charge < -0.3 is 0 Å². The van der Waals surface area contributed by atoms with E-state index in [1.807, 2.05) is 0 Å². The van der Waals surface area contributed by atoms with E-state index in [-0.39, 0.29) is 5.56 Å². The average molecular weight is 340 g/mol. The molecule has 2 saturated heterocycles. The van der Waals surface area contributed by atoms with Crippen LogP contribution in [-0.4, -0.2) is 59.8 Å². The molecule has 0 aromatic heterocycles. The molecular weight excluding hydrogens is 325 g/mol. The summed E-state index contributed by atoms with van der Waals surface area (Å²) >= 11 is 0. The Morgan fingerprint density at radius 3 is 2.08 bits per heavy atom. The van der Waals surface area contributed by atoms with Gasteiger partial charge in [0.2, 0.25) is 11.8 Å². The largest absolute Gasteiger partial charge is 0.404 e. The maximum Gasteiger partial charge on any atom is 0.404 e. The molecule has 0 saturated carbocycles. The number of likely N-dealkylation sites (N-methyl/N-ethyl adjacent to an activating group) is 1. The lowest BCUT2D eigenvalue weighted by molar-refractivity contribution is -0.187. The quantitative estimate of drug-likeness (QED) is 0.602. The molecule has 128 valence electrons. The van der Waals surface area contributed by atoms with Crippen molar-refractivity contribution in [2.75, 3.05) is 14.1 Å². The molecule has 5 nitrogen and oxygen atoms in total. The number of nitrogens with zero attached hydrogens (tertiary/aromatic N) is 2. The Kier molecular flexibility index (Phi) is 3.75. The van der Waals surface area contributed by atoms with Crippen molar-refractivity contribution < 1.29 is 27.6 Å². The molecule has 0 bridgehead atoms. The molecule has 1 aromatic rings. The second-order valence-corrected chi connectivity index (χ2v) is 6.11. The van der Waals surface area contributed by atoms with E-state index in [9.17, 15) is 27.6 Å². The predicted octanol–water partition coefficient (Wildman–Crippen LogP) is 1.35. The molecule has 0 radical (unpaired) electrons. The van der Waals surface area contributed by atoms with Crippen LogP contribution in [0.15, 0.2) is 30.3 Å². The Labute approximate surface area is 136 Å². The summed E-state index contributed by atoms with van der Waals surface area (Å²) < 4.78 is 40.4. The number of likely N-dealkylation sites (tertiary alicyclic amines) is 2. The second kappa shape index (κ2) is 5.41. The first kappa shape index (κ1) is 16.6. The number of hydrogen-bond donors (Lipinski definition) is 0. The highest BCUT2D eigenvalue weighted by Crippen LogP contribution is 2.47. The van der Waals surface area contributed by atoms with Crippen LogP contribution >= 0.6 is 0 Å². The molecule has 0 unspecified atom stereocenters. The van der Waals surface area contributed by atoms with Crippen molar-refractivity contribution in [2.45, 2.75) is 18.3 Å². The van der Waals surface area contributed by atoms with Gasteiger partial charge in [-0.1, -0.05) is 30.3 Å². The summed E-state index contributed by atoms with van der Waals surface area (Å²) in [6.07, 6.45) is -4.72. The summed E-state index contributed by atoms with van der Waals surface area (Å²) in [6, 6.07) is 4.36. The number of carbonyl (C=O) groups is 3. The van der Waals surface area contributed by atoms with Crippen molar-refractivity contribution in [3.63, 3.8) is 0 Å². The van der Waals surface area contributed by atoms with E-state index >= 15 is 0 Å². The van der Waals surface area contributed by atoms with Gasteiger partial charge in [-0.2, -0.15) is 13.2 Å². The highest BCUT2D eigenvalue weighted by atomic mass is 19.4. The van der Waals surface area contributed by atoms with Crippen LogP contribution in [0.3, 0.4) is 0 Å². The second-order valence-electron chi connectivity index (χ2n) is 6.11. The summed E-state index contributed by atoms with van der Waals surface area (Å²) in [7, 11) is 2.29. The Morgan fingerprint density at radius 2 is 1.54 bits per heavy atom. The zero-order chi connectivity index (χ0) is 17.8. The third kappa shape index (κ3) is 2.24. The fraction of sp³-hybridized carbons (Fsp3) is 0.438. The van der Waals surface area contributed by atoms with E-state index in [0.717, 1.165) is 19.0 Å². The van der Waals surface area contributed by atoms with Crippen molar-refractivity contribution in [2.24, 2.45) is 11.8 Å². The lowest BCUT2D eigenvalue weighted by atomic mass is 9.86. The number of amides is 2. The molecule has 8 heteroatoms. The minimum atomic E-state index is -4.72. The van der Waals surface area contributed by atoms with E-state index in [1.54, 1.807) is 18.2 Å². The number of carbonyl (C=O) groups excluding carboxylic acids is 3.